The average molecular weight is 301 g/mol. The quantitative estimate of drug-likeness (QED) is 0.800. The van der Waals surface area contributed by atoms with Crippen molar-refractivity contribution in [3.05, 3.63) is 53.1 Å². The van der Waals surface area contributed by atoms with Crippen LogP contribution >= 0.6 is 0 Å². The molecule has 116 valence electrons. The molecule has 0 aliphatic heterocycles. The fourth-order valence-corrected chi connectivity index (χ4v) is 2.56. The summed E-state index contributed by atoms with van der Waals surface area (Å²) >= 11 is 0. The van der Waals surface area contributed by atoms with Gasteiger partial charge in [0.05, 0.1) is 13.5 Å². The van der Waals surface area contributed by atoms with Gasteiger partial charge in [0, 0.05) is 11.9 Å². The minimum Gasteiger partial charge on any atom is -0.469 e. The Hall–Kier alpha value is -2.23. The number of aromatic nitrogens is 1. The van der Waals surface area contributed by atoms with Gasteiger partial charge in [0.15, 0.2) is 0 Å². The molecule has 1 heterocycles. The van der Waals surface area contributed by atoms with Gasteiger partial charge in [-0.3, -0.25) is 9.78 Å². The highest BCUT2D eigenvalue weighted by Gasteiger charge is 2.18. The van der Waals surface area contributed by atoms with Crippen LogP contribution in [-0.2, 0) is 16.0 Å². The summed E-state index contributed by atoms with van der Waals surface area (Å²) in [6, 6.07) is 6.69. The number of esters is 1. The average Bonchev–Trinajstić information content (AvgIpc) is 2.48. The topological polar surface area (TPSA) is 39.2 Å². The van der Waals surface area contributed by atoms with Gasteiger partial charge in [-0.25, -0.2) is 4.39 Å². The molecule has 0 spiro atoms. The molecule has 0 aliphatic rings. The number of carbonyl (C=O) groups is 1. The zero-order chi connectivity index (χ0) is 16.3. The Labute approximate surface area is 130 Å². The Bertz CT molecular complexity index is 695. The Morgan fingerprint density at radius 3 is 2.64 bits per heavy atom. The van der Waals surface area contributed by atoms with Gasteiger partial charge in [-0.05, 0) is 59.4 Å². The number of nitrogens with zero attached hydrogens (tertiary/aromatic N) is 1. The molecule has 0 saturated carbocycles. The van der Waals surface area contributed by atoms with Gasteiger partial charge in [0.1, 0.15) is 5.82 Å². The number of carbonyl (C=O) groups excluding carboxylic acids is 1. The Morgan fingerprint density at radius 2 is 2.05 bits per heavy atom. The van der Waals surface area contributed by atoms with Crippen LogP contribution in [0, 0.1) is 12.7 Å². The van der Waals surface area contributed by atoms with E-state index in [9.17, 15) is 9.18 Å². The van der Waals surface area contributed by atoms with Gasteiger partial charge in [0.25, 0.3) is 0 Å². The summed E-state index contributed by atoms with van der Waals surface area (Å²) in [6.07, 6.45) is 1.81. The second-order valence-corrected chi connectivity index (χ2v) is 5.61. The monoisotopic (exact) mass is 301 g/mol. The third kappa shape index (κ3) is 3.50. The lowest BCUT2D eigenvalue weighted by Gasteiger charge is -2.17. The SMILES string of the molecule is COC(=O)Cc1c(-c2ccnc(C)c2)cc(F)cc1C(C)C. The van der Waals surface area contributed by atoms with Crippen molar-refractivity contribution >= 4 is 5.97 Å². The van der Waals surface area contributed by atoms with Gasteiger partial charge in [-0.2, -0.15) is 0 Å². The maximum absolute atomic E-state index is 14.0. The number of ether oxygens (including phenoxy) is 1. The number of benzene rings is 1. The summed E-state index contributed by atoms with van der Waals surface area (Å²) in [5.74, 6) is -0.528. The van der Waals surface area contributed by atoms with Crippen molar-refractivity contribution in [2.24, 2.45) is 0 Å². The number of rotatable bonds is 4. The zero-order valence-corrected chi connectivity index (χ0v) is 13.3. The molecule has 0 fully saturated rings. The minimum absolute atomic E-state index is 0.108. The van der Waals surface area contributed by atoms with Crippen LogP contribution in [0.25, 0.3) is 11.1 Å². The van der Waals surface area contributed by atoms with Crippen molar-refractivity contribution in [1.82, 2.24) is 4.98 Å². The van der Waals surface area contributed by atoms with Gasteiger partial charge in [0.2, 0.25) is 0 Å². The molecular weight excluding hydrogens is 281 g/mol. The highest BCUT2D eigenvalue weighted by molar-refractivity contribution is 5.79. The van der Waals surface area contributed by atoms with Crippen LogP contribution in [0.2, 0.25) is 0 Å². The molecule has 0 bridgehead atoms. The van der Waals surface area contributed by atoms with Gasteiger partial charge in [-0.15, -0.1) is 0 Å². The molecule has 3 nitrogen and oxygen atoms in total. The van der Waals surface area contributed by atoms with Gasteiger partial charge in [-0.1, -0.05) is 13.8 Å². The van der Waals surface area contributed by atoms with Crippen LogP contribution in [0.1, 0.15) is 36.6 Å². The Morgan fingerprint density at radius 1 is 1.32 bits per heavy atom. The standard InChI is InChI=1S/C18H20FNO2/c1-11(2)15-8-14(19)9-16(17(15)10-18(21)22-4)13-5-6-20-12(3)7-13/h5-9,11H,10H2,1-4H3. The van der Waals surface area contributed by atoms with Crippen molar-refractivity contribution in [1.29, 1.82) is 0 Å². The number of methoxy groups -OCH3 is 1. The lowest BCUT2D eigenvalue weighted by molar-refractivity contribution is -0.139. The largest absolute Gasteiger partial charge is 0.469 e. The van der Waals surface area contributed by atoms with Crippen molar-refractivity contribution in [2.45, 2.75) is 33.1 Å². The van der Waals surface area contributed by atoms with E-state index in [1.165, 1.54) is 19.2 Å². The maximum atomic E-state index is 14.0. The molecule has 2 aromatic rings. The molecule has 0 atom stereocenters. The molecule has 1 aromatic carbocycles. The van der Waals surface area contributed by atoms with E-state index >= 15 is 0 Å². The molecule has 1 aromatic heterocycles. The molecule has 0 aliphatic carbocycles. The van der Waals surface area contributed by atoms with E-state index in [1.54, 1.807) is 6.20 Å². The zero-order valence-electron chi connectivity index (χ0n) is 13.3. The van der Waals surface area contributed by atoms with Crippen LogP contribution in [0.15, 0.2) is 30.5 Å². The van der Waals surface area contributed by atoms with Crippen molar-refractivity contribution < 1.29 is 13.9 Å². The Balaban J connectivity index is 2.67. The molecule has 0 saturated heterocycles. The third-order valence-electron chi connectivity index (χ3n) is 3.63. The molecular formula is C18H20FNO2. The number of pyridine rings is 1. The minimum atomic E-state index is -0.333. The fourth-order valence-electron chi connectivity index (χ4n) is 2.56. The smallest absolute Gasteiger partial charge is 0.310 e. The molecule has 2 rings (SSSR count). The predicted octanol–water partition coefficient (Wildman–Crippen LogP) is 4.04. The van der Waals surface area contributed by atoms with Crippen molar-refractivity contribution in [2.75, 3.05) is 7.11 Å². The summed E-state index contributed by atoms with van der Waals surface area (Å²) in [5, 5.41) is 0. The van der Waals surface area contributed by atoms with Crippen LogP contribution in [0.4, 0.5) is 4.39 Å². The lowest BCUT2D eigenvalue weighted by atomic mass is 9.88. The molecule has 0 N–H and O–H groups in total. The van der Waals surface area contributed by atoms with Gasteiger partial charge < -0.3 is 4.74 Å². The first-order valence-electron chi connectivity index (χ1n) is 7.24. The third-order valence-corrected chi connectivity index (χ3v) is 3.63. The summed E-state index contributed by atoms with van der Waals surface area (Å²) in [4.78, 5) is 15.9. The Kier molecular flexibility index (Phi) is 4.91. The van der Waals surface area contributed by atoms with Crippen LogP contribution in [0.3, 0.4) is 0 Å². The summed E-state index contributed by atoms with van der Waals surface area (Å²) in [6.45, 7) is 5.85. The number of aryl methyl sites for hydroxylation is 1. The molecule has 4 heteroatoms. The first kappa shape index (κ1) is 16.1. The van der Waals surface area contributed by atoms with E-state index < -0.39 is 0 Å². The number of hydrogen-bond donors (Lipinski definition) is 0. The van der Waals surface area contributed by atoms with E-state index in [-0.39, 0.29) is 24.1 Å². The highest BCUT2D eigenvalue weighted by Crippen LogP contribution is 2.32. The second-order valence-electron chi connectivity index (χ2n) is 5.61. The van der Waals surface area contributed by atoms with E-state index in [1.807, 2.05) is 32.9 Å². The summed E-state index contributed by atoms with van der Waals surface area (Å²) in [5.41, 5.74) is 4.06. The summed E-state index contributed by atoms with van der Waals surface area (Å²) < 4.78 is 18.8. The molecule has 0 radical (unpaired) electrons. The van der Waals surface area contributed by atoms with E-state index in [0.717, 1.165) is 27.9 Å². The van der Waals surface area contributed by atoms with Gasteiger partial charge >= 0.3 is 5.97 Å². The van der Waals surface area contributed by atoms with Crippen molar-refractivity contribution in [3.8, 4) is 11.1 Å². The second kappa shape index (κ2) is 6.69. The van der Waals surface area contributed by atoms with Crippen LogP contribution in [-0.4, -0.2) is 18.1 Å². The molecule has 0 amide bonds. The van der Waals surface area contributed by atoms with Crippen LogP contribution in [0.5, 0.6) is 0 Å². The number of halogens is 1. The first-order valence-corrected chi connectivity index (χ1v) is 7.24. The predicted molar refractivity (Wildman–Crippen MR) is 84.2 cm³/mol. The summed E-state index contributed by atoms with van der Waals surface area (Å²) in [7, 11) is 1.36. The molecule has 0 unspecified atom stereocenters. The lowest BCUT2D eigenvalue weighted by Crippen LogP contribution is -2.10. The van der Waals surface area contributed by atoms with E-state index in [4.69, 9.17) is 4.74 Å². The molecule has 22 heavy (non-hydrogen) atoms. The van der Waals surface area contributed by atoms with E-state index in [0.29, 0.717) is 0 Å². The van der Waals surface area contributed by atoms with E-state index in [2.05, 4.69) is 4.98 Å². The van der Waals surface area contributed by atoms with Crippen LogP contribution < -0.4 is 0 Å². The normalized spacial score (nSPS) is 10.8. The van der Waals surface area contributed by atoms with Crippen molar-refractivity contribution in [3.63, 3.8) is 0 Å². The highest BCUT2D eigenvalue weighted by atomic mass is 19.1. The maximum Gasteiger partial charge on any atom is 0.310 e. The first-order chi connectivity index (χ1) is 10.4. The number of hydrogen-bond acceptors (Lipinski definition) is 3. The fraction of sp³-hybridized carbons (Fsp3) is 0.333.